The maximum Gasteiger partial charge on any atom is 0.227 e. The molecule has 1 saturated heterocycles. The summed E-state index contributed by atoms with van der Waals surface area (Å²) in [5, 5.41) is 1.62. The van der Waals surface area contributed by atoms with Gasteiger partial charge in [-0.05, 0) is 37.3 Å². The van der Waals surface area contributed by atoms with E-state index in [2.05, 4.69) is 9.97 Å². The number of carbonyl (C=O) groups is 2. The Morgan fingerprint density at radius 2 is 2.00 bits per heavy atom. The van der Waals surface area contributed by atoms with Gasteiger partial charge in [-0.2, -0.15) is 0 Å². The molecular weight excluding hydrogens is 434 g/mol. The normalized spacial score (nSPS) is 14.1. The molecule has 3 aromatic rings. The molecule has 0 atom stereocenters. The fourth-order valence-corrected chi connectivity index (χ4v) is 5.30. The minimum absolute atomic E-state index is 0.0207. The van der Waals surface area contributed by atoms with E-state index in [9.17, 15) is 9.59 Å². The number of hydrogen-bond donors (Lipinski definition) is 0. The van der Waals surface area contributed by atoms with E-state index < -0.39 is 0 Å². The van der Waals surface area contributed by atoms with Gasteiger partial charge in [0.2, 0.25) is 5.91 Å². The number of ketones is 1. The Bertz CT molecular complexity index is 1110. The first kappa shape index (κ1) is 21.7. The number of thioether (sulfide) groups is 1. The van der Waals surface area contributed by atoms with Crippen molar-refractivity contribution in [2.45, 2.75) is 18.4 Å². The van der Waals surface area contributed by atoms with Crippen molar-refractivity contribution in [1.29, 1.82) is 0 Å². The Kier molecular flexibility index (Phi) is 6.84. The largest absolute Gasteiger partial charge is 0.497 e. The number of carbonyl (C=O) groups excluding carboxylic acids is 2. The van der Waals surface area contributed by atoms with Crippen LogP contribution < -0.4 is 4.74 Å². The van der Waals surface area contributed by atoms with Crippen LogP contribution in [0, 0.1) is 6.92 Å². The van der Waals surface area contributed by atoms with E-state index >= 15 is 0 Å². The Hall–Kier alpha value is -2.49. The summed E-state index contributed by atoms with van der Waals surface area (Å²) < 4.78 is 10.6. The molecule has 0 spiro atoms. The molecule has 3 heterocycles. The number of methoxy groups -OCH3 is 1. The molecule has 1 aromatic carbocycles. The van der Waals surface area contributed by atoms with Crippen molar-refractivity contribution < 1.29 is 19.1 Å². The third-order valence-electron chi connectivity index (χ3n) is 4.95. The van der Waals surface area contributed by atoms with Gasteiger partial charge in [-0.3, -0.25) is 9.59 Å². The maximum atomic E-state index is 12.8. The summed E-state index contributed by atoms with van der Waals surface area (Å²) in [5.41, 5.74) is 0.822. The summed E-state index contributed by atoms with van der Waals surface area (Å²) in [4.78, 5) is 37.6. The number of Topliss-reactive ketones (excluding diaryl/α,β-unsaturated/α-hetero) is 1. The number of benzene rings is 1. The number of ether oxygens (including phenoxy) is 2. The highest BCUT2D eigenvalue weighted by Crippen LogP contribution is 2.29. The molecule has 2 aromatic heterocycles. The average Bonchev–Trinajstić information content (AvgIpc) is 3.26. The highest BCUT2D eigenvalue weighted by molar-refractivity contribution is 8.00. The summed E-state index contributed by atoms with van der Waals surface area (Å²) in [6.45, 7) is 4.26. The third kappa shape index (κ3) is 5.23. The first-order valence-electron chi connectivity index (χ1n) is 9.96. The number of fused-ring (bicyclic) bond motifs is 1. The topological polar surface area (TPSA) is 81.6 Å². The lowest BCUT2D eigenvalue weighted by atomic mass is 10.2. The van der Waals surface area contributed by atoms with Crippen LogP contribution in [0.2, 0.25) is 0 Å². The van der Waals surface area contributed by atoms with Crippen LogP contribution in [0.1, 0.15) is 20.4 Å². The number of amides is 1. The molecule has 0 aliphatic carbocycles. The van der Waals surface area contributed by atoms with E-state index in [-0.39, 0.29) is 17.4 Å². The molecular formula is C22H23N3O4S2. The average molecular weight is 458 g/mol. The number of thiophene rings is 1. The van der Waals surface area contributed by atoms with Crippen LogP contribution in [0.4, 0.5) is 0 Å². The van der Waals surface area contributed by atoms with Crippen LogP contribution in [-0.2, 0) is 16.0 Å². The van der Waals surface area contributed by atoms with Gasteiger partial charge in [0.25, 0.3) is 0 Å². The van der Waals surface area contributed by atoms with Gasteiger partial charge in [-0.1, -0.05) is 11.8 Å². The predicted molar refractivity (Wildman–Crippen MR) is 121 cm³/mol. The molecule has 31 heavy (non-hydrogen) atoms. The summed E-state index contributed by atoms with van der Waals surface area (Å²) in [6, 6.07) is 9.32. The van der Waals surface area contributed by atoms with Crippen LogP contribution >= 0.6 is 23.1 Å². The molecule has 1 fully saturated rings. The number of hydrogen-bond acceptors (Lipinski definition) is 8. The number of rotatable bonds is 7. The molecule has 0 bridgehead atoms. The van der Waals surface area contributed by atoms with E-state index in [0.29, 0.717) is 43.4 Å². The van der Waals surface area contributed by atoms with Gasteiger partial charge in [0.05, 0.1) is 42.9 Å². The monoisotopic (exact) mass is 457 g/mol. The zero-order valence-electron chi connectivity index (χ0n) is 17.4. The van der Waals surface area contributed by atoms with Crippen molar-refractivity contribution in [1.82, 2.24) is 14.9 Å². The van der Waals surface area contributed by atoms with Crippen molar-refractivity contribution in [2.75, 3.05) is 39.2 Å². The number of nitrogens with zero attached hydrogens (tertiary/aromatic N) is 3. The Labute approximate surface area is 188 Å². The van der Waals surface area contributed by atoms with Gasteiger partial charge in [-0.25, -0.2) is 9.97 Å². The van der Waals surface area contributed by atoms with Crippen molar-refractivity contribution >= 4 is 45.7 Å². The molecule has 0 saturated carbocycles. The van der Waals surface area contributed by atoms with Crippen LogP contribution in [0.5, 0.6) is 5.75 Å². The zero-order valence-corrected chi connectivity index (χ0v) is 19.1. The summed E-state index contributed by atoms with van der Waals surface area (Å²) >= 11 is 2.78. The Balaban J connectivity index is 1.42. The molecule has 0 radical (unpaired) electrons. The molecule has 0 unspecified atom stereocenters. The number of aromatic nitrogens is 2. The highest BCUT2D eigenvalue weighted by atomic mass is 32.2. The van der Waals surface area contributed by atoms with Crippen LogP contribution in [0.25, 0.3) is 10.9 Å². The standard InChI is InChI=1S/C22H23N3O4S2/c1-14-23-18-5-3-15(28-2)11-17(18)22(24-14)30-13-19(26)20-6-4-16(31-20)12-21(27)25-7-9-29-10-8-25/h3-6,11H,7-10,12-13H2,1-2H3. The predicted octanol–water partition coefficient (Wildman–Crippen LogP) is 3.38. The maximum absolute atomic E-state index is 12.8. The lowest BCUT2D eigenvalue weighted by Gasteiger charge is -2.26. The highest BCUT2D eigenvalue weighted by Gasteiger charge is 2.19. The molecule has 0 N–H and O–H groups in total. The minimum Gasteiger partial charge on any atom is -0.497 e. The zero-order chi connectivity index (χ0) is 21.8. The third-order valence-corrected chi connectivity index (χ3v) is 7.06. The molecule has 1 aliphatic rings. The molecule has 9 heteroatoms. The van der Waals surface area contributed by atoms with Crippen molar-refractivity contribution in [3.8, 4) is 5.75 Å². The molecule has 162 valence electrons. The lowest BCUT2D eigenvalue weighted by Crippen LogP contribution is -2.41. The second-order valence-electron chi connectivity index (χ2n) is 7.11. The van der Waals surface area contributed by atoms with Gasteiger partial charge >= 0.3 is 0 Å². The second-order valence-corrected chi connectivity index (χ2v) is 9.24. The van der Waals surface area contributed by atoms with E-state index in [1.54, 1.807) is 7.11 Å². The second kappa shape index (κ2) is 9.76. The molecule has 1 amide bonds. The molecule has 1 aliphatic heterocycles. The molecule has 4 rings (SSSR count). The SMILES string of the molecule is COc1ccc2nc(C)nc(SCC(=O)c3ccc(CC(=O)N4CCOCC4)s3)c2c1. The molecule has 7 nitrogen and oxygen atoms in total. The van der Waals surface area contributed by atoms with Crippen LogP contribution in [0.3, 0.4) is 0 Å². The van der Waals surface area contributed by atoms with Gasteiger partial charge in [0.1, 0.15) is 16.6 Å². The van der Waals surface area contributed by atoms with Gasteiger partial charge in [0, 0.05) is 23.4 Å². The van der Waals surface area contributed by atoms with Gasteiger partial charge in [-0.15, -0.1) is 11.3 Å². The number of aryl methyl sites for hydroxylation is 1. The van der Waals surface area contributed by atoms with Gasteiger partial charge in [0.15, 0.2) is 5.78 Å². The minimum atomic E-state index is 0.0207. The van der Waals surface area contributed by atoms with Crippen LogP contribution in [0.15, 0.2) is 35.4 Å². The van der Waals surface area contributed by atoms with E-state index in [1.165, 1.54) is 23.1 Å². The van der Waals surface area contributed by atoms with Crippen molar-refractivity contribution in [3.63, 3.8) is 0 Å². The fraction of sp³-hybridized carbons (Fsp3) is 0.364. The van der Waals surface area contributed by atoms with Crippen molar-refractivity contribution in [3.05, 3.63) is 45.9 Å². The first-order valence-corrected chi connectivity index (χ1v) is 11.8. The fourth-order valence-electron chi connectivity index (χ4n) is 3.33. The quantitative estimate of drug-likeness (QED) is 0.306. The number of morpholine rings is 1. The Morgan fingerprint density at radius 3 is 2.77 bits per heavy atom. The van der Waals surface area contributed by atoms with Crippen LogP contribution in [-0.4, -0.2) is 65.7 Å². The summed E-state index contributed by atoms with van der Waals surface area (Å²) in [7, 11) is 1.62. The summed E-state index contributed by atoms with van der Waals surface area (Å²) in [6.07, 6.45) is 0.320. The van der Waals surface area contributed by atoms with E-state index in [4.69, 9.17) is 9.47 Å². The lowest BCUT2D eigenvalue weighted by molar-refractivity contribution is -0.134. The Morgan fingerprint density at radius 1 is 1.19 bits per heavy atom. The first-order chi connectivity index (χ1) is 15.0. The summed E-state index contributed by atoms with van der Waals surface area (Å²) in [5.74, 6) is 1.75. The van der Waals surface area contributed by atoms with Crippen molar-refractivity contribution in [2.24, 2.45) is 0 Å². The van der Waals surface area contributed by atoms with E-state index in [1.807, 2.05) is 42.2 Å². The smallest absolute Gasteiger partial charge is 0.227 e. The van der Waals surface area contributed by atoms with E-state index in [0.717, 1.165) is 26.6 Å². The van der Waals surface area contributed by atoms with Gasteiger partial charge < -0.3 is 14.4 Å².